The summed E-state index contributed by atoms with van der Waals surface area (Å²) in [5, 5.41) is 12.9. The SMILES string of the molecule is Cc1ncccc1CCC[C@@H](C)NC(=O)[C@@H](O)c1ccccc1. The van der Waals surface area contributed by atoms with E-state index in [-0.39, 0.29) is 11.9 Å². The molecule has 0 aliphatic carbocycles. The van der Waals surface area contributed by atoms with Crippen molar-refractivity contribution in [2.75, 3.05) is 0 Å². The van der Waals surface area contributed by atoms with Gasteiger partial charge < -0.3 is 10.4 Å². The van der Waals surface area contributed by atoms with Gasteiger partial charge in [-0.15, -0.1) is 0 Å². The van der Waals surface area contributed by atoms with Crippen molar-refractivity contribution in [2.45, 2.75) is 45.3 Å². The van der Waals surface area contributed by atoms with E-state index in [9.17, 15) is 9.90 Å². The largest absolute Gasteiger partial charge is 0.378 e. The number of hydrogen-bond donors (Lipinski definition) is 2. The molecule has 122 valence electrons. The molecule has 4 heteroatoms. The number of aliphatic hydroxyl groups excluding tert-OH is 1. The molecule has 1 aromatic carbocycles. The van der Waals surface area contributed by atoms with Crippen molar-refractivity contribution in [2.24, 2.45) is 0 Å². The van der Waals surface area contributed by atoms with Crippen LogP contribution >= 0.6 is 0 Å². The summed E-state index contributed by atoms with van der Waals surface area (Å²) in [6.45, 7) is 3.97. The van der Waals surface area contributed by atoms with Crippen LogP contribution in [-0.2, 0) is 11.2 Å². The standard InChI is InChI=1S/C19H24N2O2/c1-14(8-6-11-16-12-7-13-20-15(16)2)21-19(23)18(22)17-9-4-3-5-10-17/h3-5,7,9-10,12-14,18,22H,6,8,11H2,1-2H3,(H,21,23)/t14-,18+/m1/s1. The first-order chi connectivity index (χ1) is 11.1. The lowest BCUT2D eigenvalue weighted by atomic mass is 10.0. The number of amides is 1. The van der Waals surface area contributed by atoms with Gasteiger partial charge in [0.1, 0.15) is 0 Å². The summed E-state index contributed by atoms with van der Waals surface area (Å²) in [6, 6.07) is 13.0. The molecule has 1 amide bonds. The first-order valence-electron chi connectivity index (χ1n) is 8.02. The number of aliphatic hydroxyl groups is 1. The molecule has 23 heavy (non-hydrogen) atoms. The number of pyridine rings is 1. The van der Waals surface area contributed by atoms with E-state index in [0.29, 0.717) is 5.56 Å². The van der Waals surface area contributed by atoms with Crippen LogP contribution < -0.4 is 5.32 Å². The monoisotopic (exact) mass is 312 g/mol. The van der Waals surface area contributed by atoms with Gasteiger partial charge in [0, 0.05) is 17.9 Å². The third-order valence-electron chi connectivity index (χ3n) is 3.95. The summed E-state index contributed by atoms with van der Waals surface area (Å²) in [7, 11) is 0. The van der Waals surface area contributed by atoms with E-state index < -0.39 is 6.10 Å². The normalized spacial score (nSPS) is 13.3. The molecule has 2 rings (SSSR count). The molecule has 2 N–H and O–H groups in total. The Balaban J connectivity index is 1.77. The first kappa shape index (κ1) is 17.2. The van der Waals surface area contributed by atoms with E-state index in [2.05, 4.69) is 16.4 Å². The van der Waals surface area contributed by atoms with Gasteiger partial charge in [0.05, 0.1) is 0 Å². The van der Waals surface area contributed by atoms with Crippen molar-refractivity contribution in [3.8, 4) is 0 Å². The maximum Gasteiger partial charge on any atom is 0.253 e. The van der Waals surface area contributed by atoms with E-state index in [1.807, 2.05) is 38.1 Å². The third-order valence-corrected chi connectivity index (χ3v) is 3.95. The van der Waals surface area contributed by atoms with Crippen LogP contribution in [0.15, 0.2) is 48.7 Å². The zero-order valence-corrected chi connectivity index (χ0v) is 13.7. The van der Waals surface area contributed by atoms with Crippen LogP contribution in [-0.4, -0.2) is 22.0 Å². The number of nitrogens with one attached hydrogen (secondary N) is 1. The van der Waals surface area contributed by atoms with E-state index in [4.69, 9.17) is 0 Å². The fraction of sp³-hybridized carbons (Fsp3) is 0.368. The lowest BCUT2D eigenvalue weighted by Gasteiger charge is -2.17. The minimum atomic E-state index is -1.11. The summed E-state index contributed by atoms with van der Waals surface area (Å²) in [6.07, 6.45) is 3.46. The Morgan fingerprint density at radius 1 is 1.22 bits per heavy atom. The predicted molar refractivity (Wildman–Crippen MR) is 90.9 cm³/mol. The average molecular weight is 312 g/mol. The molecule has 2 atom stereocenters. The van der Waals surface area contributed by atoms with Gasteiger partial charge in [-0.05, 0) is 50.3 Å². The Labute approximate surface area is 137 Å². The molecule has 0 spiro atoms. The second kappa shape index (κ2) is 8.44. The zero-order valence-electron chi connectivity index (χ0n) is 13.7. The lowest BCUT2D eigenvalue weighted by Crippen LogP contribution is -2.36. The van der Waals surface area contributed by atoms with Gasteiger partial charge in [0.2, 0.25) is 0 Å². The zero-order chi connectivity index (χ0) is 16.7. The van der Waals surface area contributed by atoms with Crippen LogP contribution in [0.1, 0.15) is 42.7 Å². The number of aryl methyl sites for hydroxylation is 2. The van der Waals surface area contributed by atoms with Crippen LogP contribution in [0.3, 0.4) is 0 Å². The first-order valence-corrected chi connectivity index (χ1v) is 8.02. The van der Waals surface area contributed by atoms with E-state index >= 15 is 0 Å². The second-order valence-electron chi connectivity index (χ2n) is 5.86. The van der Waals surface area contributed by atoms with Gasteiger partial charge >= 0.3 is 0 Å². The number of hydrogen-bond acceptors (Lipinski definition) is 3. The van der Waals surface area contributed by atoms with Crippen molar-refractivity contribution >= 4 is 5.91 Å². The predicted octanol–water partition coefficient (Wildman–Crippen LogP) is 2.95. The minimum Gasteiger partial charge on any atom is -0.378 e. The van der Waals surface area contributed by atoms with Crippen molar-refractivity contribution in [3.63, 3.8) is 0 Å². The van der Waals surface area contributed by atoms with Crippen LogP contribution in [0.25, 0.3) is 0 Å². The average Bonchev–Trinajstić information content (AvgIpc) is 2.56. The maximum absolute atomic E-state index is 12.1. The summed E-state index contributed by atoms with van der Waals surface area (Å²) in [4.78, 5) is 16.3. The van der Waals surface area contributed by atoms with Gasteiger partial charge in [0.25, 0.3) is 5.91 Å². The summed E-state index contributed by atoms with van der Waals surface area (Å²) < 4.78 is 0. The van der Waals surface area contributed by atoms with Crippen molar-refractivity contribution < 1.29 is 9.90 Å². The topological polar surface area (TPSA) is 62.2 Å². The molecule has 0 fully saturated rings. The third kappa shape index (κ3) is 5.18. The van der Waals surface area contributed by atoms with Crippen molar-refractivity contribution in [1.82, 2.24) is 10.3 Å². The quantitative estimate of drug-likeness (QED) is 0.826. The molecule has 1 aromatic heterocycles. The Kier molecular flexibility index (Phi) is 6.29. The number of nitrogens with zero attached hydrogens (tertiary/aromatic N) is 1. The fourth-order valence-electron chi connectivity index (χ4n) is 2.56. The number of benzene rings is 1. The number of aromatic nitrogens is 1. The van der Waals surface area contributed by atoms with Gasteiger partial charge in [-0.2, -0.15) is 0 Å². The molecular weight excluding hydrogens is 288 g/mol. The number of rotatable bonds is 7. The highest BCUT2D eigenvalue weighted by Gasteiger charge is 2.18. The van der Waals surface area contributed by atoms with Crippen LogP contribution in [0.5, 0.6) is 0 Å². The van der Waals surface area contributed by atoms with E-state index in [1.165, 1.54) is 5.56 Å². The highest BCUT2D eigenvalue weighted by atomic mass is 16.3. The molecule has 0 radical (unpaired) electrons. The van der Waals surface area contributed by atoms with Crippen LogP contribution in [0.4, 0.5) is 0 Å². The minimum absolute atomic E-state index is 0.0258. The number of carbonyl (C=O) groups excluding carboxylic acids is 1. The van der Waals surface area contributed by atoms with Gasteiger partial charge in [-0.3, -0.25) is 9.78 Å². The Morgan fingerprint density at radius 3 is 2.65 bits per heavy atom. The molecular formula is C19H24N2O2. The van der Waals surface area contributed by atoms with Gasteiger partial charge in [-0.25, -0.2) is 0 Å². The lowest BCUT2D eigenvalue weighted by molar-refractivity contribution is -0.130. The molecule has 0 saturated heterocycles. The Bertz CT molecular complexity index is 628. The Hall–Kier alpha value is -2.20. The maximum atomic E-state index is 12.1. The smallest absolute Gasteiger partial charge is 0.253 e. The van der Waals surface area contributed by atoms with Gasteiger partial charge in [-0.1, -0.05) is 36.4 Å². The highest BCUT2D eigenvalue weighted by Crippen LogP contribution is 2.13. The van der Waals surface area contributed by atoms with E-state index in [0.717, 1.165) is 25.0 Å². The highest BCUT2D eigenvalue weighted by molar-refractivity contribution is 5.82. The molecule has 0 bridgehead atoms. The van der Waals surface area contributed by atoms with Gasteiger partial charge in [0.15, 0.2) is 6.10 Å². The fourth-order valence-corrected chi connectivity index (χ4v) is 2.56. The molecule has 0 aliphatic rings. The summed E-state index contributed by atoms with van der Waals surface area (Å²) in [5.74, 6) is -0.346. The number of carbonyl (C=O) groups is 1. The summed E-state index contributed by atoms with van der Waals surface area (Å²) in [5.41, 5.74) is 2.92. The van der Waals surface area contributed by atoms with Crippen molar-refractivity contribution in [3.05, 3.63) is 65.5 Å². The molecule has 4 nitrogen and oxygen atoms in total. The van der Waals surface area contributed by atoms with Crippen molar-refractivity contribution in [1.29, 1.82) is 0 Å². The Morgan fingerprint density at radius 2 is 1.96 bits per heavy atom. The molecule has 1 heterocycles. The summed E-state index contributed by atoms with van der Waals surface area (Å²) >= 11 is 0. The molecule has 0 aliphatic heterocycles. The van der Waals surface area contributed by atoms with Crippen LogP contribution in [0, 0.1) is 6.92 Å². The molecule has 0 unspecified atom stereocenters. The van der Waals surface area contributed by atoms with E-state index in [1.54, 1.807) is 18.3 Å². The molecule has 2 aromatic rings. The molecule has 0 saturated carbocycles. The van der Waals surface area contributed by atoms with Crippen LogP contribution in [0.2, 0.25) is 0 Å². The second-order valence-corrected chi connectivity index (χ2v) is 5.86.